The maximum atomic E-state index is 4.46. The summed E-state index contributed by atoms with van der Waals surface area (Å²) in [5.41, 5.74) is 3.03. The normalized spacial score (nSPS) is 10.5. The maximum absolute atomic E-state index is 4.46. The average molecular weight is 231 g/mol. The number of nitrogens with one attached hydrogen (secondary N) is 1. The molecule has 0 saturated heterocycles. The van der Waals surface area contributed by atoms with Crippen LogP contribution in [0.15, 0.2) is 18.6 Å². The van der Waals surface area contributed by atoms with E-state index in [2.05, 4.69) is 27.3 Å². The second kappa shape index (κ2) is 4.95. The molecule has 0 bridgehead atoms. The minimum atomic E-state index is 0.633. The maximum Gasteiger partial charge on any atom is 0.222 e. The number of hydrogen-bond acceptors (Lipinski definition) is 4. The van der Waals surface area contributed by atoms with E-state index in [0.29, 0.717) is 5.95 Å². The van der Waals surface area contributed by atoms with Gasteiger partial charge in [-0.3, -0.25) is 4.68 Å². The monoisotopic (exact) mass is 231 g/mol. The van der Waals surface area contributed by atoms with Gasteiger partial charge in [-0.1, -0.05) is 6.92 Å². The van der Waals surface area contributed by atoms with E-state index in [4.69, 9.17) is 0 Å². The van der Waals surface area contributed by atoms with E-state index in [1.165, 1.54) is 0 Å². The van der Waals surface area contributed by atoms with E-state index in [1.54, 1.807) is 0 Å². The fraction of sp³-hybridized carbons (Fsp3) is 0.417. The molecule has 0 aliphatic carbocycles. The molecule has 0 aromatic carbocycles. The van der Waals surface area contributed by atoms with E-state index < -0.39 is 0 Å². The van der Waals surface area contributed by atoms with Crippen LogP contribution in [0.2, 0.25) is 0 Å². The Bertz CT molecular complexity index is 503. The van der Waals surface area contributed by atoms with Crippen LogP contribution in [0.3, 0.4) is 0 Å². The summed E-state index contributed by atoms with van der Waals surface area (Å²) in [5, 5.41) is 7.26. The molecule has 0 amide bonds. The Labute approximate surface area is 101 Å². The van der Waals surface area contributed by atoms with Crippen LogP contribution >= 0.6 is 0 Å². The fourth-order valence-electron chi connectivity index (χ4n) is 1.69. The standard InChI is InChI=1S/C12H17N5/c1-4-5-17-8-10(7-15-17)11-9(2)6-14-12(13-3)16-11/h6-8H,4-5H2,1-3H3,(H,13,14,16). The van der Waals surface area contributed by atoms with Crippen molar-refractivity contribution in [3.8, 4) is 11.3 Å². The quantitative estimate of drug-likeness (QED) is 0.875. The summed E-state index contributed by atoms with van der Waals surface area (Å²) in [6.07, 6.45) is 6.78. The van der Waals surface area contributed by atoms with Crippen LogP contribution in [0.4, 0.5) is 5.95 Å². The van der Waals surface area contributed by atoms with Crippen molar-refractivity contribution in [2.75, 3.05) is 12.4 Å². The Balaban J connectivity index is 2.37. The molecule has 0 saturated carbocycles. The molecular formula is C12H17N5. The molecule has 0 aliphatic rings. The third-order valence-electron chi connectivity index (χ3n) is 2.55. The third-order valence-corrected chi connectivity index (χ3v) is 2.55. The topological polar surface area (TPSA) is 55.6 Å². The molecule has 0 unspecified atom stereocenters. The molecule has 2 aromatic heterocycles. The Morgan fingerprint density at radius 2 is 2.18 bits per heavy atom. The first-order chi connectivity index (χ1) is 8.24. The number of rotatable bonds is 4. The van der Waals surface area contributed by atoms with Crippen molar-refractivity contribution in [1.82, 2.24) is 19.7 Å². The average Bonchev–Trinajstić information content (AvgIpc) is 2.79. The number of anilines is 1. The number of nitrogens with zero attached hydrogens (tertiary/aromatic N) is 4. The van der Waals surface area contributed by atoms with Crippen molar-refractivity contribution >= 4 is 5.95 Å². The first-order valence-electron chi connectivity index (χ1n) is 5.78. The lowest BCUT2D eigenvalue weighted by Gasteiger charge is -2.04. The Morgan fingerprint density at radius 1 is 1.35 bits per heavy atom. The van der Waals surface area contributed by atoms with Crippen LogP contribution in [0.5, 0.6) is 0 Å². The zero-order valence-electron chi connectivity index (χ0n) is 10.4. The summed E-state index contributed by atoms with van der Waals surface area (Å²) in [4.78, 5) is 8.64. The molecule has 0 fully saturated rings. The van der Waals surface area contributed by atoms with Crippen LogP contribution in [0, 0.1) is 6.92 Å². The summed E-state index contributed by atoms with van der Waals surface area (Å²) in [7, 11) is 1.81. The van der Waals surface area contributed by atoms with Gasteiger partial charge in [-0.15, -0.1) is 0 Å². The summed E-state index contributed by atoms with van der Waals surface area (Å²) in [6.45, 7) is 5.07. The van der Waals surface area contributed by atoms with Gasteiger partial charge in [-0.2, -0.15) is 5.10 Å². The van der Waals surface area contributed by atoms with Gasteiger partial charge in [0.25, 0.3) is 0 Å². The molecule has 2 aromatic rings. The number of aromatic nitrogens is 4. The van der Waals surface area contributed by atoms with Gasteiger partial charge in [0.1, 0.15) is 0 Å². The summed E-state index contributed by atoms with van der Waals surface area (Å²) < 4.78 is 1.94. The van der Waals surface area contributed by atoms with Gasteiger partial charge < -0.3 is 5.32 Å². The van der Waals surface area contributed by atoms with Gasteiger partial charge in [-0.25, -0.2) is 9.97 Å². The molecule has 1 N–H and O–H groups in total. The smallest absolute Gasteiger partial charge is 0.222 e. The van der Waals surface area contributed by atoms with Crippen LogP contribution in [0.25, 0.3) is 11.3 Å². The van der Waals surface area contributed by atoms with Gasteiger partial charge in [0, 0.05) is 31.5 Å². The molecule has 2 rings (SSSR count). The largest absolute Gasteiger partial charge is 0.357 e. The minimum Gasteiger partial charge on any atom is -0.357 e. The lowest BCUT2D eigenvalue weighted by atomic mass is 10.1. The second-order valence-corrected chi connectivity index (χ2v) is 3.97. The molecule has 0 spiro atoms. The summed E-state index contributed by atoms with van der Waals surface area (Å²) in [5.74, 6) is 0.633. The van der Waals surface area contributed by atoms with E-state index in [0.717, 1.165) is 29.8 Å². The fourth-order valence-corrected chi connectivity index (χ4v) is 1.69. The minimum absolute atomic E-state index is 0.633. The predicted octanol–water partition coefficient (Wildman–Crippen LogP) is 2.10. The van der Waals surface area contributed by atoms with E-state index in [-0.39, 0.29) is 0 Å². The molecule has 17 heavy (non-hydrogen) atoms. The molecular weight excluding hydrogens is 214 g/mol. The highest BCUT2D eigenvalue weighted by atomic mass is 15.3. The molecule has 0 atom stereocenters. The number of aryl methyl sites for hydroxylation is 2. The van der Waals surface area contributed by atoms with Crippen molar-refractivity contribution in [3.63, 3.8) is 0 Å². The van der Waals surface area contributed by atoms with E-state index >= 15 is 0 Å². The molecule has 0 radical (unpaired) electrons. The lowest BCUT2D eigenvalue weighted by Crippen LogP contribution is -1.99. The lowest BCUT2D eigenvalue weighted by molar-refractivity contribution is 0.603. The van der Waals surface area contributed by atoms with Gasteiger partial charge in [0.05, 0.1) is 11.9 Å². The van der Waals surface area contributed by atoms with E-state index in [9.17, 15) is 0 Å². The SMILES string of the molecule is CCCn1cc(-c2nc(NC)ncc2C)cn1. The highest BCUT2D eigenvalue weighted by Crippen LogP contribution is 2.20. The Kier molecular flexibility index (Phi) is 3.37. The van der Waals surface area contributed by atoms with E-state index in [1.807, 2.05) is 37.2 Å². The zero-order chi connectivity index (χ0) is 12.3. The predicted molar refractivity (Wildman–Crippen MR) is 67.8 cm³/mol. The molecule has 90 valence electrons. The highest BCUT2D eigenvalue weighted by molar-refractivity contribution is 5.61. The molecule has 2 heterocycles. The molecule has 0 aliphatic heterocycles. The van der Waals surface area contributed by atoms with Crippen molar-refractivity contribution in [2.45, 2.75) is 26.8 Å². The summed E-state index contributed by atoms with van der Waals surface area (Å²) >= 11 is 0. The highest BCUT2D eigenvalue weighted by Gasteiger charge is 2.08. The van der Waals surface area contributed by atoms with Gasteiger partial charge in [0.15, 0.2) is 0 Å². The first kappa shape index (κ1) is 11.6. The van der Waals surface area contributed by atoms with Crippen molar-refractivity contribution < 1.29 is 0 Å². The van der Waals surface area contributed by atoms with Crippen molar-refractivity contribution in [3.05, 3.63) is 24.2 Å². The van der Waals surface area contributed by atoms with Crippen LogP contribution < -0.4 is 5.32 Å². The van der Waals surface area contributed by atoms with Crippen LogP contribution in [0.1, 0.15) is 18.9 Å². The zero-order valence-corrected chi connectivity index (χ0v) is 10.4. The van der Waals surface area contributed by atoms with Gasteiger partial charge in [-0.05, 0) is 18.9 Å². The molecule has 5 nitrogen and oxygen atoms in total. The second-order valence-electron chi connectivity index (χ2n) is 3.97. The first-order valence-corrected chi connectivity index (χ1v) is 5.78. The van der Waals surface area contributed by atoms with Gasteiger partial charge in [0.2, 0.25) is 5.95 Å². The third kappa shape index (κ3) is 2.43. The Morgan fingerprint density at radius 3 is 2.88 bits per heavy atom. The van der Waals surface area contributed by atoms with Crippen molar-refractivity contribution in [1.29, 1.82) is 0 Å². The van der Waals surface area contributed by atoms with Crippen LogP contribution in [-0.4, -0.2) is 26.8 Å². The van der Waals surface area contributed by atoms with Gasteiger partial charge >= 0.3 is 0 Å². The summed E-state index contributed by atoms with van der Waals surface area (Å²) in [6, 6.07) is 0. The number of hydrogen-bond donors (Lipinski definition) is 1. The molecule has 5 heteroatoms. The van der Waals surface area contributed by atoms with Crippen molar-refractivity contribution in [2.24, 2.45) is 0 Å². The van der Waals surface area contributed by atoms with Crippen LogP contribution in [-0.2, 0) is 6.54 Å². The Hall–Kier alpha value is -1.91.